The van der Waals surface area contributed by atoms with E-state index in [1.807, 2.05) is 0 Å². The number of hydrogen-bond acceptors (Lipinski definition) is 2. The van der Waals surface area contributed by atoms with Gasteiger partial charge in [-0.1, -0.05) is 19.1 Å². The molecular weight excluding hydrogens is 271 g/mol. The van der Waals surface area contributed by atoms with Gasteiger partial charge in [-0.05, 0) is 30.5 Å². The summed E-state index contributed by atoms with van der Waals surface area (Å²) < 4.78 is 37.2. The Bertz CT molecular complexity index is 429. The summed E-state index contributed by atoms with van der Waals surface area (Å²) in [5.41, 5.74) is -0.0101. The molecule has 0 aliphatic heterocycles. The molecule has 1 aromatic rings. The number of aliphatic hydroxyl groups excluding tert-OH is 1. The van der Waals surface area contributed by atoms with Gasteiger partial charge in [0.25, 0.3) is 0 Å². The number of amides is 1. The molecule has 0 fully saturated rings. The lowest BCUT2D eigenvalue weighted by atomic mass is 9.99. The van der Waals surface area contributed by atoms with Crippen LogP contribution >= 0.6 is 0 Å². The predicted molar refractivity (Wildman–Crippen MR) is 69.0 cm³/mol. The zero-order valence-electron chi connectivity index (χ0n) is 11.2. The average molecular weight is 289 g/mol. The molecule has 1 unspecified atom stereocenters. The van der Waals surface area contributed by atoms with E-state index >= 15 is 0 Å². The second-order valence-corrected chi connectivity index (χ2v) is 4.67. The van der Waals surface area contributed by atoms with E-state index in [1.54, 1.807) is 6.92 Å². The molecule has 112 valence electrons. The first-order valence-corrected chi connectivity index (χ1v) is 6.39. The first-order chi connectivity index (χ1) is 9.34. The number of rotatable bonds is 6. The summed E-state index contributed by atoms with van der Waals surface area (Å²) in [6, 6.07) is 4.82. The molecule has 0 aromatic heterocycles. The molecule has 3 nitrogen and oxygen atoms in total. The van der Waals surface area contributed by atoms with Crippen molar-refractivity contribution in [3.8, 4) is 0 Å². The molecule has 0 saturated carbocycles. The van der Waals surface area contributed by atoms with E-state index in [0.29, 0.717) is 24.9 Å². The second-order valence-electron chi connectivity index (χ2n) is 4.67. The summed E-state index contributed by atoms with van der Waals surface area (Å²) in [6.07, 6.45) is -3.48. The highest BCUT2D eigenvalue weighted by Crippen LogP contribution is 2.29. The molecule has 1 amide bonds. The molecule has 6 heteroatoms. The third-order valence-electron chi connectivity index (χ3n) is 2.90. The Balaban J connectivity index is 2.53. The number of carbonyl (C=O) groups excluding carboxylic acids is 1. The third-order valence-corrected chi connectivity index (χ3v) is 2.90. The molecule has 0 spiro atoms. The maximum absolute atomic E-state index is 12.4. The third kappa shape index (κ3) is 5.21. The fraction of sp³-hybridized carbons (Fsp3) is 0.500. The van der Waals surface area contributed by atoms with Crippen LogP contribution in [0.3, 0.4) is 0 Å². The lowest BCUT2D eigenvalue weighted by Gasteiger charge is -2.13. The van der Waals surface area contributed by atoms with E-state index in [-0.39, 0.29) is 18.4 Å². The first kappa shape index (κ1) is 16.5. The van der Waals surface area contributed by atoms with Crippen LogP contribution in [-0.2, 0) is 17.4 Å². The number of aliphatic hydroxyl groups is 1. The SMILES string of the molecule is CC(Cc1ccc(C(F)(F)F)cc1)C(=O)NCCCO. The number of benzene rings is 1. The van der Waals surface area contributed by atoms with Crippen molar-refractivity contribution in [2.45, 2.75) is 25.9 Å². The van der Waals surface area contributed by atoms with Gasteiger partial charge in [-0.3, -0.25) is 4.79 Å². The summed E-state index contributed by atoms with van der Waals surface area (Å²) in [5, 5.41) is 11.3. The molecule has 0 bridgehead atoms. The second kappa shape index (κ2) is 7.28. The highest BCUT2D eigenvalue weighted by atomic mass is 19.4. The summed E-state index contributed by atoms with van der Waals surface area (Å²) >= 11 is 0. The van der Waals surface area contributed by atoms with Crippen molar-refractivity contribution in [2.75, 3.05) is 13.2 Å². The van der Waals surface area contributed by atoms with Crippen LogP contribution in [-0.4, -0.2) is 24.2 Å². The molecule has 0 aliphatic carbocycles. The van der Waals surface area contributed by atoms with Gasteiger partial charge in [0.05, 0.1) is 5.56 Å². The molecular formula is C14H18F3NO2. The van der Waals surface area contributed by atoms with Crippen molar-refractivity contribution in [2.24, 2.45) is 5.92 Å². The number of carbonyl (C=O) groups is 1. The van der Waals surface area contributed by atoms with Crippen LogP contribution in [0.5, 0.6) is 0 Å². The Morgan fingerprint density at radius 3 is 2.40 bits per heavy atom. The van der Waals surface area contributed by atoms with Gasteiger partial charge in [-0.2, -0.15) is 13.2 Å². The molecule has 1 aromatic carbocycles. The van der Waals surface area contributed by atoms with Gasteiger partial charge in [-0.25, -0.2) is 0 Å². The summed E-state index contributed by atoms with van der Waals surface area (Å²) in [7, 11) is 0. The van der Waals surface area contributed by atoms with E-state index in [1.165, 1.54) is 12.1 Å². The normalized spacial score (nSPS) is 13.1. The Morgan fingerprint density at radius 2 is 1.90 bits per heavy atom. The molecule has 1 rings (SSSR count). The van der Waals surface area contributed by atoms with Crippen LogP contribution < -0.4 is 5.32 Å². The lowest BCUT2D eigenvalue weighted by molar-refractivity contribution is -0.137. The minimum absolute atomic E-state index is 0.00751. The van der Waals surface area contributed by atoms with Crippen molar-refractivity contribution in [1.29, 1.82) is 0 Å². The van der Waals surface area contributed by atoms with E-state index in [2.05, 4.69) is 5.32 Å². The van der Waals surface area contributed by atoms with Crippen LogP contribution in [0, 0.1) is 5.92 Å². The summed E-state index contributed by atoms with van der Waals surface area (Å²) in [6.45, 7) is 2.12. The largest absolute Gasteiger partial charge is 0.416 e. The van der Waals surface area contributed by atoms with Crippen molar-refractivity contribution in [3.05, 3.63) is 35.4 Å². The number of hydrogen-bond donors (Lipinski definition) is 2. The van der Waals surface area contributed by atoms with Crippen LogP contribution in [0.25, 0.3) is 0 Å². The highest BCUT2D eigenvalue weighted by molar-refractivity contribution is 5.78. The standard InChI is InChI=1S/C14H18F3NO2/c1-10(13(20)18-7-2-8-19)9-11-3-5-12(6-4-11)14(15,16)17/h3-6,10,19H,2,7-9H2,1H3,(H,18,20). The van der Waals surface area contributed by atoms with Crippen molar-refractivity contribution in [1.82, 2.24) is 5.32 Å². The number of nitrogens with one attached hydrogen (secondary N) is 1. The maximum atomic E-state index is 12.4. The fourth-order valence-electron chi connectivity index (χ4n) is 1.74. The quantitative estimate of drug-likeness (QED) is 0.790. The van der Waals surface area contributed by atoms with E-state index in [0.717, 1.165) is 12.1 Å². The van der Waals surface area contributed by atoms with E-state index in [4.69, 9.17) is 5.11 Å². The zero-order chi connectivity index (χ0) is 15.2. The van der Waals surface area contributed by atoms with Crippen LogP contribution in [0.2, 0.25) is 0 Å². The monoisotopic (exact) mass is 289 g/mol. The number of halogens is 3. The fourth-order valence-corrected chi connectivity index (χ4v) is 1.74. The van der Waals surface area contributed by atoms with Gasteiger partial charge < -0.3 is 10.4 Å². The van der Waals surface area contributed by atoms with Gasteiger partial charge in [-0.15, -0.1) is 0 Å². The Kier molecular flexibility index (Phi) is 6.01. The molecule has 0 aliphatic rings. The van der Waals surface area contributed by atoms with Gasteiger partial charge >= 0.3 is 6.18 Å². The molecule has 2 N–H and O–H groups in total. The van der Waals surface area contributed by atoms with E-state index < -0.39 is 11.7 Å². The zero-order valence-corrected chi connectivity index (χ0v) is 11.2. The minimum Gasteiger partial charge on any atom is -0.396 e. The van der Waals surface area contributed by atoms with Crippen LogP contribution in [0.4, 0.5) is 13.2 Å². The van der Waals surface area contributed by atoms with Crippen LogP contribution in [0.1, 0.15) is 24.5 Å². The molecule has 0 saturated heterocycles. The Labute approximate surface area is 115 Å². The van der Waals surface area contributed by atoms with Gasteiger partial charge in [0.15, 0.2) is 0 Å². The Hall–Kier alpha value is -1.56. The highest BCUT2D eigenvalue weighted by Gasteiger charge is 2.30. The average Bonchev–Trinajstić information content (AvgIpc) is 2.38. The van der Waals surface area contributed by atoms with Crippen molar-refractivity contribution >= 4 is 5.91 Å². The topological polar surface area (TPSA) is 49.3 Å². The van der Waals surface area contributed by atoms with Crippen LogP contribution in [0.15, 0.2) is 24.3 Å². The summed E-state index contributed by atoms with van der Waals surface area (Å²) in [4.78, 5) is 11.7. The molecule has 20 heavy (non-hydrogen) atoms. The maximum Gasteiger partial charge on any atom is 0.416 e. The smallest absolute Gasteiger partial charge is 0.396 e. The van der Waals surface area contributed by atoms with E-state index in [9.17, 15) is 18.0 Å². The molecule has 0 heterocycles. The Morgan fingerprint density at radius 1 is 1.30 bits per heavy atom. The van der Waals surface area contributed by atoms with Crippen molar-refractivity contribution < 1.29 is 23.1 Å². The van der Waals surface area contributed by atoms with Gasteiger partial charge in [0.1, 0.15) is 0 Å². The predicted octanol–water partition coefficient (Wildman–Crippen LogP) is 2.38. The summed E-state index contributed by atoms with van der Waals surface area (Å²) in [5.74, 6) is -0.497. The number of alkyl halides is 3. The van der Waals surface area contributed by atoms with Gasteiger partial charge in [0.2, 0.25) is 5.91 Å². The molecule has 0 radical (unpaired) electrons. The minimum atomic E-state index is -4.34. The molecule has 1 atom stereocenters. The van der Waals surface area contributed by atoms with Crippen molar-refractivity contribution in [3.63, 3.8) is 0 Å². The lowest BCUT2D eigenvalue weighted by Crippen LogP contribution is -2.31. The first-order valence-electron chi connectivity index (χ1n) is 6.39. The van der Waals surface area contributed by atoms with Gasteiger partial charge in [0, 0.05) is 19.1 Å².